The summed E-state index contributed by atoms with van der Waals surface area (Å²) in [6.07, 6.45) is 1.21. The third-order valence-electron chi connectivity index (χ3n) is 7.33. The van der Waals surface area contributed by atoms with Crippen LogP contribution in [0.3, 0.4) is 0 Å². The highest BCUT2D eigenvalue weighted by Crippen LogP contribution is 2.35. The van der Waals surface area contributed by atoms with E-state index in [0.717, 1.165) is 15.6 Å². The van der Waals surface area contributed by atoms with E-state index >= 15 is 0 Å². The first kappa shape index (κ1) is 25.7. The average molecular weight is 557 g/mol. The molecule has 5 aromatic rings. The van der Waals surface area contributed by atoms with Crippen molar-refractivity contribution in [2.75, 3.05) is 5.73 Å². The van der Waals surface area contributed by atoms with Crippen molar-refractivity contribution in [1.29, 1.82) is 0 Å². The van der Waals surface area contributed by atoms with Gasteiger partial charge in [0.15, 0.2) is 5.58 Å². The Labute approximate surface area is 230 Å². The van der Waals surface area contributed by atoms with E-state index in [0.29, 0.717) is 35.1 Å². The van der Waals surface area contributed by atoms with E-state index in [2.05, 4.69) is 25.7 Å². The highest BCUT2D eigenvalue weighted by molar-refractivity contribution is 5.98. The Kier molecular flexibility index (Phi) is 6.02. The molecule has 208 valence electrons. The molecule has 0 saturated heterocycles. The number of nitrogens with two attached hydrogens (primary N) is 1. The molecule has 0 bridgehead atoms. The maximum absolute atomic E-state index is 13.3. The number of hydrogen-bond donors (Lipinski definition) is 4. The molecule has 0 unspecified atom stereocenters. The fourth-order valence-corrected chi connectivity index (χ4v) is 5.21. The SMILES string of the molecule is Cc1c(C(=O)O)ccc2c1CC[C@@H]2NC(=O)c1cc(C(=O)NCc2ccc3oc(=O)n(C)c3c2)n2nc(N)nc2n1. The summed E-state index contributed by atoms with van der Waals surface area (Å²) in [4.78, 5) is 58.1. The molecule has 0 spiro atoms. The van der Waals surface area contributed by atoms with Crippen molar-refractivity contribution in [2.24, 2.45) is 7.05 Å². The molecular weight excluding hydrogens is 532 g/mol. The minimum Gasteiger partial charge on any atom is -0.478 e. The van der Waals surface area contributed by atoms with Gasteiger partial charge in [-0.15, -0.1) is 5.10 Å². The van der Waals surface area contributed by atoms with E-state index in [9.17, 15) is 24.3 Å². The summed E-state index contributed by atoms with van der Waals surface area (Å²) in [5, 5.41) is 19.2. The molecule has 14 nitrogen and oxygen atoms in total. The number of amides is 2. The number of nitrogens with one attached hydrogen (secondary N) is 2. The van der Waals surface area contributed by atoms with Crippen LogP contribution in [0.2, 0.25) is 0 Å². The quantitative estimate of drug-likeness (QED) is 0.238. The van der Waals surface area contributed by atoms with Gasteiger partial charge in [-0.1, -0.05) is 12.1 Å². The van der Waals surface area contributed by atoms with Gasteiger partial charge in [-0.05, 0) is 60.2 Å². The Bertz CT molecular complexity index is 1970. The number of aromatic carboxylic acids is 1. The molecule has 0 saturated carbocycles. The number of nitrogen functional groups attached to an aromatic ring is 1. The smallest absolute Gasteiger partial charge is 0.419 e. The number of rotatable bonds is 6. The topological polar surface area (TPSA) is 200 Å². The lowest BCUT2D eigenvalue weighted by Gasteiger charge is -2.15. The maximum atomic E-state index is 13.3. The number of carboxylic acids is 1. The van der Waals surface area contributed by atoms with Crippen molar-refractivity contribution in [3.63, 3.8) is 0 Å². The summed E-state index contributed by atoms with van der Waals surface area (Å²) < 4.78 is 7.67. The number of hydrogen-bond acceptors (Lipinski definition) is 9. The van der Waals surface area contributed by atoms with Crippen molar-refractivity contribution < 1.29 is 23.9 Å². The number of carbonyl (C=O) groups excluding carboxylic acids is 2. The van der Waals surface area contributed by atoms with Crippen molar-refractivity contribution in [2.45, 2.75) is 32.4 Å². The van der Waals surface area contributed by atoms with Crippen LogP contribution in [0.4, 0.5) is 5.95 Å². The number of aromatic nitrogens is 5. The fourth-order valence-electron chi connectivity index (χ4n) is 5.21. The fraction of sp³-hybridized carbons (Fsp3) is 0.222. The van der Waals surface area contributed by atoms with Crippen LogP contribution in [-0.4, -0.2) is 47.0 Å². The second kappa shape index (κ2) is 9.59. The van der Waals surface area contributed by atoms with Crippen LogP contribution >= 0.6 is 0 Å². The molecule has 1 atom stereocenters. The highest BCUT2D eigenvalue weighted by atomic mass is 16.4. The molecule has 0 radical (unpaired) electrons. The molecule has 14 heteroatoms. The number of nitrogens with zero attached hydrogens (tertiary/aromatic N) is 5. The van der Waals surface area contributed by atoms with Gasteiger partial charge >= 0.3 is 11.7 Å². The molecule has 1 aliphatic rings. The Morgan fingerprint density at radius 2 is 1.95 bits per heavy atom. The summed E-state index contributed by atoms with van der Waals surface area (Å²) in [5.41, 5.74) is 10.1. The zero-order valence-electron chi connectivity index (χ0n) is 22.0. The predicted octanol–water partition coefficient (Wildman–Crippen LogP) is 1.51. The second-order valence-electron chi connectivity index (χ2n) is 9.80. The average Bonchev–Trinajstić information content (AvgIpc) is 3.61. The van der Waals surface area contributed by atoms with E-state index in [1.54, 1.807) is 38.2 Å². The van der Waals surface area contributed by atoms with Gasteiger partial charge in [-0.25, -0.2) is 14.6 Å². The highest BCUT2D eigenvalue weighted by Gasteiger charge is 2.29. The molecule has 6 rings (SSSR count). The first-order valence-corrected chi connectivity index (χ1v) is 12.7. The van der Waals surface area contributed by atoms with E-state index in [-0.39, 0.29) is 41.3 Å². The van der Waals surface area contributed by atoms with Gasteiger partial charge in [0.05, 0.1) is 17.1 Å². The van der Waals surface area contributed by atoms with Crippen LogP contribution in [-0.2, 0) is 20.0 Å². The molecule has 3 heterocycles. The van der Waals surface area contributed by atoms with Crippen molar-refractivity contribution >= 4 is 40.6 Å². The van der Waals surface area contributed by atoms with Gasteiger partial charge in [-0.3, -0.25) is 14.2 Å². The van der Waals surface area contributed by atoms with Crippen molar-refractivity contribution in [1.82, 2.24) is 34.8 Å². The Morgan fingerprint density at radius 1 is 1.15 bits per heavy atom. The third kappa shape index (κ3) is 4.44. The first-order valence-electron chi connectivity index (χ1n) is 12.7. The van der Waals surface area contributed by atoms with Crippen LogP contribution in [0.1, 0.15) is 66.1 Å². The second-order valence-corrected chi connectivity index (χ2v) is 9.80. The lowest BCUT2D eigenvalue weighted by Crippen LogP contribution is -2.30. The number of aryl methyl sites for hydroxylation is 1. The number of anilines is 1. The number of benzene rings is 2. The van der Waals surface area contributed by atoms with Gasteiger partial charge < -0.3 is 25.9 Å². The summed E-state index contributed by atoms with van der Waals surface area (Å²) in [6, 6.07) is 9.31. The maximum Gasteiger partial charge on any atom is 0.419 e. The molecule has 41 heavy (non-hydrogen) atoms. The number of fused-ring (bicyclic) bond motifs is 3. The van der Waals surface area contributed by atoms with Crippen LogP contribution in [0.5, 0.6) is 0 Å². The monoisotopic (exact) mass is 556 g/mol. The normalized spacial score (nSPS) is 14.3. The first-order chi connectivity index (χ1) is 19.6. The number of carbonyl (C=O) groups is 3. The molecule has 5 N–H and O–H groups in total. The molecule has 0 aliphatic heterocycles. The Balaban J connectivity index is 1.25. The standard InChI is InChI=1S/C27H24N8O6/c1-12-14-6-7-17(16(14)5-4-15(12)24(38)39)30-22(36)18-10-20(35-26(31-18)32-25(28)33-35)23(37)29-11-13-3-8-21-19(9-13)34(2)27(40)41-21/h3-5,8-10,17H,6-7,11H2,1-2H3,(H2,28,33)(H,29,37)(H,30,36)(H,38,39)/t17-/m0/s1. The zero-order valence-corrected chi connectivity index (χ0v) is 22.0. The summed E-state index contributed by atoms with van der Waals surface area (Å²) in [7, 11) is 1.59. The molecule has 0 fully saturated rings. The summed E-state index contributed by atoms with van der Waals surface area (Å²) >= 11 is 0. The van der Waals surface area contributed by atoms with Crippen LogP contribution in [0, 0.1) is 6.92 Å². The zero-order chi connectivity index (χ0) is 29.0. The van der Waals surface area contributed by atoms with E-state index in [1.807, 2.05) is 0 Å². The lowest BCUT2D eigenvalue weighted by molar-refractivity contribution is 0.0695. The molecule has 3 aromatic heterocycles. The number of oxazole rings is 1. The van der Waals surface area contributed by atoms with Crippen LogP contribution < -0.4 is 22.1 Å². The number of carboxylic acid groups (broad SMARTS) is 1. The minimum atomic E-state index is -0.999. The Hall–Kier alpha value is -5.53. The predicted molar refractivity (Wildman–Crippen MR) is 144 cm³/mol. The summed E-state index contributed by atoms with van der Waals surface area (Å²) in [5.74, 6) is -2.72. The van der Waals surface area contributed by atoms with E-state index in [4.69, 9.17) is 10.2 Å². The van der Waals surface area contributed by atoms with Gasteiger partial charge in [0, 0.05) is 19.7 Å². The van der Waals surface area contributed by atoms with E-state index < -0.39 is 23.5 Å². The van der Waals surface area contributed by atoms with Crippen molar-refractivity contribution in [3.8, 4) is 0 Å². The van der Waals surface area contributed by atoms with Crippen molar-refractivity contribution in [3.05, 3.63) is 86.2 Å². The lowest BCUT2D eigenvalue weighted by atomic mass is 9.98. The molecule has 2 aromatic carbocycles. The largest absolute Gasteiger partial charge is 0.478 e. The van der Waals surface area contributed by atoms with Gasteiger partial charge in [0.2, 0.25) is 5.95 Å². The van der Waals surface area contributed by atoms with Gasteiger partial charge in [-0.2, -0.15) is 9.50 Å². The third-order valence-corrected chi connectivity index (χ3v) is 7.33. The van der Waals surface area contributed by atoms with Gasteiger partial charge in [0.1, 0.15) is 11.4 Å². The van der Waals surface area contributed by atoms with Gasteiger partial charge in [0.25, 0.3) is 17.6 Å². The molecule has 1 aliphatic carbocycles. The molecule has 2 amide bonds. The van der Waals surface area contributed by atoms with E-state index in [1.165, 1.54) is 16.7 Å². The Morgan fingerprint density at radius 3 is 2.73 bits per heavy atom. The molecular formula is C27H24N8O6. The minimum absolute atomic E-state index is 0.00472. The summed E-state index contributed by atoms with van der Waals surface area (Å²) in [6.45, 7) is 1.87. The van der Waals surface area contributed by atoms with Crippen LogP contribution in [0.15, 0.2) is 45.6 Å². The van der Waals surface area contributed by atoms with Crippen LogP contribution in [0.25, 0.3) is 16.9 Å².